The fourth-order valence-corrected chi connectivity index (χ4v) is 1.22. The first kappa shape index (κ1) is 10.4. The van der Waals surface area contributed by atoms with Crippen molar-refractivity contribution in [2.24, 2.45) is 0 Å². The summed E-state index contributed by atoms with van der Waals surface area (Å²) in [5, 5.41) is 5.80. The maximum absolute atomic E-state index is 13.0. The van der Waals surface area contributed by atoms with Crippen LogP contribution in [0.1, 0.15) is 5.56 Å². The van der Waals surface area contributed by atoms with Gasteiger partial charge < -0.3 is 4.74 Å². The highest BCUT2D eigenvalue weighted by atomic mass is 19.1. The molecule has 0 atom stereocenters. The van der Waals surface area contributed by atoms with E-state index in [4.69, 9.17) is 4.74 Å². The number of benzene rings is 1. The molecule has 0 saturated carbocycles. The Morgan fingerprint density at radius 3 is 2.94 bits per heavy atom. The minimum absolute atomic E-state index is 0.275. The second kappa shape index (κ2) is 4.14. The zero-order chi connectivity index (χ0) is 11.5. The molecule has 0 unspecified atom stereocenters. The predicted molar refractivity (Wildman–Crippen MR) is 56.1 cm³/mol. The standard InChI is InChI=1S/C11H9FN2O2/c1-7-2-3-8(12)4-10(7)16-9-5-11(15)14-13-6-9/h2-6H,1H3,(H,14,15). The van der Waals surface area contributed by atoms with Crippen molar-refractivity contribution < 1.29 is 9.13 Å². The van der Waals surface area contributed by atoms with E-state index in [1.165, 1.54) is 24.4 Å². The maximum Gasteiger partial charge on any atom is 0.267 e. The molecule has 1 aromatic heterocycles. The van der Waals surface area contributed by atoms with Gasteiger partial charge in [-0.2, -0.15) is 5.10 Å². The van der Waals surface area contributed by atoms with Crippen molar-refractivity contribution in [2.75, 3.05) is 0 Å². The molecule has 5 heteroatoms. The van der Waals surface area contributed by atoms with Crippen molar-refractivity contribution in [1.29, 1.82) is 0 Å². The number of nitrogens with one attached hydrogen (secondary N) is 1. The summed E-state index contributed by atoms with van der Waals surface area (Å²) in [6.45, 7) is 1.79. The molecule has 0 aliphatic carbocycles. The van der Waals surface area contributed by atoms with Crippen molar-refractivity contribution in [3.05, 3.63) is 52.2 Å². The van der Waals surface area contributed by atoms with Crippen molar-refractivity contribution >= 4 is 0 Å². The minimum Gasteiger partial charge on any atom is -0.455 e. The molecule has 0 aliphatic rings. The van der Waals surface area contributed by atoms with Gasteiger partial charge in [-0.15, -0.1) is 0 Å². The van der Waals surface area contributed by atoms with E-state index in [2.05, 4.69) is 10.2 Å². The van der Waals surface area contributed by atoms with E-state index in [-0.39, 0.29) is 11.3 Å². The summed E-state index contributed by atoms with van der Waals surface area (Å²) in [6, 6.07) is 5.46. The molecule has 0 saturated heterocycles. The molecule has 2 rings (SSSR count). The van der Waals surface area contributed by atoms with Crippen LogP contribution < -0.4 is 10.3 Å². The van der Waals surface area contributed by atoms with E-state index in [1.807, 2.05) is 0 Å². The van der Waals surface area contributed by atoms with E-state index >= 15 is 0 Å². The van der Waals surface area contributed by atoms with Crippen LogP contribution >= 0.6 is 0 Å². The van der Waals surface area contributed by atoms with E-state index in [0.717, 1.165) is 5.56 Å². The van der Waals surface area contributed by atoms with Crippen LogP contribution in [-0.4, -0.2) is 10.2 Å². The quantitative estimate of drug-likeness (QED) is 0.842. The van der Waals surface area contributed by atoms with Gasteiger partial charge in [0.1, 0.15) is 11.6 Å². The first-order chi connectivity index (χ1) is 7.65. The smallest absolute Gasteiger partial charge is 0.267 e. The number of aromatic nitrogens is 2. The fourth-order valence-electron chi connectivity index (χ4n) is 1.22. The summed E-state index contributed by atoms with van der Waals surface area (Å²) < 4.78 is 18.3. The highest BCUT2D eigenvalue weighted by Gasteiger charge is 2.03. The van der Waals surface area contributed by atoms with Gasteiger partial charge in [-0.05, 0) is 18.6 Å². The molecule has 2 aromatic rings. The minimum atomic E-state index is -0.390. The number of nitrogens with zero attached hydrogens (tertiary/aromatic N) is 1. The Hall–Kier alpha value is -2.17. The number of aromatic amines is 1. The summed E-state index contributed by atoms with van der Waals surface area (Å²) in [6.07, 6.45) is 1.35. The summed E-state index contributed by atoms with van der Waals surface area (Å²) >= 11 is 0. The Balaban J connectivity index is 2.33. The molecule has 0 amide bonds. The van der Waals surface area contributed by atoms with Gasteiger partial charge in [0.15, 0.2) is 5.75 Å². The number of halogens is 1. The summed E-state index contributed by atoms with van der Waals surface area (Å²) in [5.41, 5.74) is 0.410. The molecule has 0 bridgehead atoms. The van der Waals surface area contributed by atoms with Crippen LogP contribution in [0.5, 0.6) is 11.5 Å². The van der Waals surface area contributed by atoms with Gasteiger partial charge >= 0.3 is 0 Å². The molecule has 1 heterocycles. The number of hydrogen-bond acceptors (Lipinski definition) is 3. The largest absolute Gasteiger partial charge is 0.455 e. The van der Waals surface area contributed by atoms with Crippen LogP contribution in [0.2, 0.25) is 0 Å². The van der Waals surface area contributed by atoms with Crippen LogP contribution in [0, 0.1) is 12.7 Å². The molecule has 82 valence electrons. The lowest BCUT2D eigenvalue weighted by Crippen LogP contribution is -2.05. The Kier molecular flexibility index (Phi) is 2.68. The third kappa shape index (κ3) is 2.25. The van der Waals surface area contributed by atoms with Crippen LogP contribution in [0.15, 0.2) is 35.3 Å². The number of aryl methyl sites for hydroxylation is 1. The topological polar surface area (TPSA) is 55.0 Å². The third-order valence-electron chi connectivity index (χ3n) is 2.02. The Bertz CT molecular complexity index is 566. The Morgan fingerprint density at radius 1 is 1.38 bits per heavy atom. The van der Waals surface area contributed by atoms with Crippen LogP contribution in [0.25, 0.3) is 0 Å². The number of H-pyrrole nitrogens is 1. The van der Waals surface area contributed by atoms with Gasteiger partial charge in [-0.3, -0.25) is 4.79 Å². The first-order valence-corrected chi connectivity index (χ1v) is 4.64. The normalized spacial score (nSPS) is 10.1. The summed E-state index contributed by atoms with van der Waals surface area (Å²) in [7, 11) is 0. The first-order valence-electron chi connectivity index (χ1n) is 4.64. The van der Waals surface area contributed by atoms with Gasteiger partial charge in [0.05, 0.1) is 6.20 Å². The van der Waals surface area contributed by atoms with Gasteiger partial charge in [-0.25, -0.2) is 9.49 Å². The van der Waals surface area contributed by atoms with Gasteiger partial charge in [0.2, 0.25) is 0 Å². The van der Waals surface area contributed by atoms with E-state index in [0.29, 0.717) is 5.75 Å². The van der Waals surface area contributed by atoms with Crippen LogP contribution in [0.4, 0.5) is 4.39 Å². The molecule has 0 radical (unpaired) electrons. The SMILES string of the molecule is Cc1ccc(F)cc1Oc1cn[nH]c(=O)c1. The maximum atomic E-state index is 13.0. The molecule has 0 aliphatic heterocycles. The third-order valence-corrected chi connectivity index (χ3v) is 2.02. The fraction of sp³-hybridized carbons (Fsp3) is 0.0909. The zero-order valence-electron chi connectivity index (χ0n) is 8.53. The molecule has 0 fully saturated rings. The molecule has 4 nitrogen and oxygen atoms in total. The lowest BCUT2D eigenvalue weighted by Gasteiger charge is -2.07. The molecule has 16 heavy (non-hydrogen) atoms. The molecule has 1 aromatic carbocycles. The second-order valence-electron chi connectivity index (χ2n) is 3.29. The lowest BCUT2D eigenvalue weighted by molar-refractivity contribution is 0.468. The summed E-state index contributed by atoms with van der Waals surface area (Å²) in [4.78, 5) is 11.0. The van der Waals surface area contributed by atoms with Crippen molar-refractivity contribution in [3.8, 4) is 11.5 Å². The van der Waals surface area contributed by atoms with Crippen molar-refractivity contribution in [1.82, 2.24) is 10.2 Å². The Labute approximate surface area is 90.7 Å². The van der Waals surface area contributed by atoms with Gasteiger partial charge in [-0.1, -0.05) is 6.07 Å². The number of hydrogen-bond donors (Lipinski definition) is 1. The monoisotopic (exact) mass is 220 g/mol. The Morgan fingerprint density at radius 2 is 2.19 bits per heavy atom. The molecular weight excluding hydrogens is 211 g/mol. The average Bonchev–Trinajstić information content (AvgIpc) is 2.24. The molecule has 1 N–H and O–H groups in total. The highest BCUT2D eigenvalue weighted by Crippen LogP contribution is 2.24. The second-order valence-corrected chi connectivity index (χ2v) is 3.29. The van der Waals surface area contributed by atoms with E-state index < -0.39 is 5.82 Å². The van der Waals surface area contributed by atoms with Crippen molar-refractivity contribution in [3.63, 3.8) is 0 Å². The van der Waals surface area contributed by atoms with Crippen LogP contribution in [0.3, 0.4) is 0 Å². The van der Waals surface area contributed by atoms with E-state index in [1.54, 1.807) is 13.0 Å². The molecule has 0 spiro atoms. The highest BCUT2D eigenvalue weighted by molar-refractivity contribution is 5.36. The van der Waals surface area contributed by atoms with E-state index in [9.17, 15) is 9.18 Å². The summed E-state index contributed by atoms with van der Waals surface area (Å²) in [5.74, 6) is 0.253. The number of ether oxygens (including phenoxy) is 1. The number of rotatable bonds is 2. The van der Waals surface area contributed by atoms with Gasteiger partial charge in [0.25, 0.3) is 5.56 Å². The molecular formula is C11H9FN2O2. The van der Waals surface area contributed by atoms with Crippen LogP contribution in [-0.2, 0) is 0 Å². The zero-order valence-corrected chi connectivity index (χ0v) is 8.53. The lowest BCUT2D eigenvalue weighted by atomic mass is 10.2. The van der Waals surface area contributed by atoms with Gasteiger partial charge in [0, 0.05) is 12.1 Å². The van der Waals surface area contributed by atoms with Crippen molar-refractivity contribution in [2.45, 2.75) is 6.92 Å². The predicted octanol–water partition coefficient (Wildman–Crippen LogP) is 2.01. The average molecular weight is 220 g/mol.